The van der Waals surface area contributed by atoms with Crippen molar-refractivity contribution in [1.82, 2.24) is 9.80 Å². The molecular weight excluding hydrogens is 370 g/mol. The highest BCUT2D eigenvalue weighted by atomic mass is 79.9. The molecule has 1 aliphatic heterocycles. The molecule has 1 fully saturated rings. The van der Waals surface area contributed by atoms with Crippen LogP contribution in [-0.2, 0) is 0 Å². The van der Waals surface area contributed by atoms with Crippen LogP contribution in [0.4, 0.5) is 10.5 Å². The third-order valence-corrected chi connectivity index (χ3v) is 4.39. The molecule has 23 heavy (non-hydrogen) atoms. The number of rotatable bonds is 2. The lowest BCUT2D eigenvalue weighted by Gasteiger charge is -2.38. The fourth-order valence-corrected chi connectivity index (χ4v) is 3.12. The van der Waals surface area contributed by atoms with Crippen molar-refractivity contribution in [2.24, 2.45) is 0 Å². The maximum Gasteiger partial charge on any atom is 0.407 e. The molecule has 1 atom stereocenters. The number of nitrogens with zero attached hydrogens (tertiary/aromatic N) is 3. The first-order valence-corrected chi connectivity index (χ1v) is 7.75. The van der Waals surface area contributed by atoms with Gasteiger partial charge < -0.3 is 14.9 Å². The van der Waals surface area contributed by atoms with Gasteiger partial charge in [0.2, 0.25) is 0 Å². The summed E-state index contributed by atoms with van der Waals surface area (Å²) in [5.74, 6) is -0.330. The number of carbonyl (C=O) groups is 2. The predicted octanol–water partition coefficient (Wildman–Crippen LogP) is 2.49. The molecule has 1 unspecified atom stereocenters. The van der Waals surface area contributed by atoms with E-state index in [1.165, 1.54) is 22.8 Å². The zero-order chi connectivity index (χ0) is 17.3. The fourth-order valence-electron chi connectivity index (χ4n) is 2.67. The molecule has 1 N–H and O–H groups in total. The van der Waals surface area contributed by atoms with E-state index in [4.69, 9.17) is 5.11 Å². The Morgan fingerprint density at radius 3 is 2.57 bits per heavy atom. The molecule has 0 spiro atoms. The van der Waals surface area contributed by atoms with Gasteiger partial charge in [-0.25, -0.2) is 4.79 Å². The third kappa shape index (κ3) is 3.44. The minimum absolute atomic E-state index is 0.125. The van der Waals surface area contributed by atoms with Crippen molar-refractivity contribution in [3.8, 4) is 0 Å². The van der Waals surface area contributed by atoms with Gasteiger partial charge in [-0.05, 0) is 19.9 Å². The van der Waals surface area contributed by atoms with Gasteiger partial charge in [0.05, 0.1) is 10.5 Å². The van der Waals surface area contributed by atoms with Crippen molar-refractivity contribution in [2.75, 3.05) is 19.6 Å². The number of benzene rings is 1. The molecule has 0 saturated carbocycles. The van der Waals surface area contributed by atoms with Crippen LogP contribution < -0.4 is 0 Å². The van der Waals surface area contributed by atoms with Gasteiger partial charge in [-0.3, -0.25) is 14.9 Å². The lowest BCUT2D eigenvalue weighted by atomic mass is 10.0. The highest BCUT2D eigenvalue weighted by Crippen LogP contribution is 2.28. The van der Waals surface area contributed by atoms with Crippen molar-refractivity contribution in [3.63, 3.8) is 0 Å². The second kappa shape index (κ2) is 6.53. The van der Waals surface area contributed by atoms with Crippen molar-refractivity contribution in [3.05, 3.63) is 37.8 Å². The third-order valence-electron chi connectivity index (χ3n) is 3.93. The Bertz CT molecular complexity index is 679. The summed E-state index contributed by atoms with van der Waals surface area (Å²) in [6, 6.07) is 2.59. The molecule has 0 aromatic heterocycles. The van der Waals surface area contributed by atoms with Crippen LogP contribution in [0, 0.1) is 17.0 Å². The van der Waals surface area contributed by atoms with Gasteiger partial charge >= 0.3 is 6.09 Å². The van der Waals surface area contributed by atoms with Gasteiger partial charge in [-0.15, -0.1) is 0 Å². The second-order valence-electron chi connectivity index (χ2n) is 5.43. The van der Waals surface area contributed by atoms with E-state index < -0.39 is 11.0 Å². The smallest absolute Gasteiger partial charge is 0.407 e. The predicted molar refractivity (Wildman–Crippen MR) is 85.6 cm³/mol. The first-order valence-electron chi connectivity index (χ1n) is 6.95. The lowest BCUT2D eigenvalue weighted by Crippen LogP contribution is -2.55. The zero-order valence-corrected chi connectivity index (χ0v) is 14.2. The van der Waals surface area contributed by atoms with E-state index in [0.29, 0.717) is 10.0 Å². The number of carbonyl (C=O) groups excluding carboxylic acids is 1. The highest BCUT2D eigenvalue weighted by molar-refractivity contribution is 9.10. The number of hydrogen-bond donors (Lipinski definition) is 1. The summed E-state index contributed by atoms with van der Waals surface area (Å²) in [6.07, 6.45) is -1.01. The molecule has 0 aliphatic carbocycles. The van der Waals surface area contributed by atoms with Gasteiger partial charge in [0, 0.05) is 41.8 Å². The van der Waals surface area contributed by atoms with Crippen LogP contribution in [0.2, 0.25) is 0 Å². The quantitative estimate of drug-likeness (QED) is 0.621. The zero-order valence-electron chi connectivity index (χ0n) is 12.7. The molecule has 8 nitrogen and oxygen atoms in total. The Balaban J connectivity index is 2.28. The number of halogens is 1. The molecular formula is C14H16BrN3O5. The van der Waals surface area contributed by atoms with E-state index in [9.17, 15) is 19.7 Å². The number of amides is 2. The molecule has 2 amide bonds. The molecule has 1 heterocycles. The summed E-state index contributed by atoms with van der Waals surface area (Å²) in [5.41, 5.74) is 0.429. The van der Waals surface area contributed by atoms with Gasteiger partial charge in [0.25, 0.3) is 11.6 Å². The Labute approximate surface area is 141 Å². The highest BCUT2D eigenvalue weighted by Gasteiger charge is 2.31. The maximum absolute atomic E-state index is 12.7. The summed E-state index contributed by atoms with van der Waals surface area (Å²) in [5, 5.41) is 20.2. The van der Waals surface area contributed by atoms with Crippen molar-refractivity contribution < 1.29 is 19.6 Å². The van der Waals surface area contributed by atoms with Gasteiger partial charge in [-0.1, -0.05) is 15.9 Å². The van der Waals surface area contributed by atoms with E-state index in [2.05, 4.69) is 15.9 Å². The first-order chi connectivity index (χ1) is 10.7. The van der Waals surface area contributed by atoms with Crippen LogP contribution in [0.15, 0.2) is 16.6 Å². The Hall–Kier alpha value is -2.16. The molecule has 1 saturated heterocycles. The SMILES string of the molecule is Cc1c(C(=O)N2CCN(C(=O)O)C(C)C2)cc(Br)cc1[N+](=O)[O-]. The summed E-state index contributed by atoms with van der Waals surface area (Å²) < 4.78 is 0.454. The minimum Gasteiger partial charge on any atom is -0.465 e. The van der Waals surface area contributed by atoms with Crippen molar-refractivity contribution in [2.45, 2.75) is 19.9 Å². The molecule has 124 valence electrons. The van der Waals surface area contributed by atoms with Crippen LogP contribution in [0.25, 0.3) is 0 Å². The van der Waals surface area contributed by atoms with Gasteiger partial charge in [0.15, 0.2) is 0 Å². The van der Waals surface area contributed by atoms with Crippen molar-refractivity contribution >= 4 is 33.6 Å². The molecule has 1 aromatic carbocycles. The summed E-state index contributed by atoms with van der Waals surface area (Å²) in [4.78, 5) is 37.1. The molecule has 2 rings (SSSR count). The normalized spacial score (nSPS) is 18.0. The number of nitro benzene ring substituents is 1. The first kappa shape index (κ1) is 17.2. The summed E-state index contributed by atoms with van der Waals surface area (Å²) in [6.45, 7) is 4.00. The van der Waals surface area contributed by atoms with Crippen molar-refractivity contribution in [1.29, 1.82) is 0 Å². The largest absolute Gasteiger partial charge is 0.465 e. The lowest BCUT2D eigenvalue weighted by molar-refractivity contribution is -0.385. The Kier molecular flexibility index (Phi) is 4.88. The minimum atomic E-state index is -1.01. The molecule has 0 radical (unpaired) electrons. The Morgan fingerprint density at radius 1 is 1.39 bits per heavy atom. The van der Waals surface area contributed by atoms with Crippen LogP contribution in [-0.4, -0.2) is 57.5 Å². The number of hydrogen-bond acceptors (Lipinski definition) is 4. The van der Waals surface area contributed by atoms with Crippen LogP contribution in [0.5, 0.6) is 0 Å². The van der Waals surface area contributed by atoms with E-state index in [0.717, 1.165) is 0 Å². The summed E-state index contributed by atoms with van der Waals surface area (Å²) >= 11 is 3.19. The van der Waals surface area contributed by atoms with E-state index >= 15 is 0 Å². The average molecular weight is 386 g/mol. The number of carboxylic acid groups (broad SMARTS) is 1. The maximum atomic E-state index is 12.7. The summed E-state index contributed by atoms with van der Waals surface area (Å²) in [7, 11) is 0. The molecule has 0 bridgehead atoms. The fraction of sp³-hybridized carbons (Fsp3) is 0.429. The van der Waals surface area contributed by atoms with Gasteiger partial charge in [-0.2, -0.15) is 0 Å². The molecule has 1 aromatic rings. The Morgan fingerprint density at radius 2 is 2.04 bits per heavy atom. The number of nitro groups is 1. The average Bonchev–Trinajstić information content (AvgIpc) is 2.47. The van der Waals surface area contributed by atoms with Gasteiger partial charge in [0.1, 0.15) is 0 Å². The van der Waals surface area contributed by atoms with Crippen LogP contribution in [0.1, 0.15) is 22.8 Å². The number of piperazine rings is 1. The van der Waals surface area contributed by atoms with Crippen LogP contribution in [0.3, 0.4) is 0 Å². The van der Waals surface area contributed by atoms with Crippen LogP contribution >= 0.6 is 15.9 Å². The van der Waals surface area contributed by atoms with E-state index in [1.54, 1.807) is 13.0 Å². The standard InChI is InChI=1S/C14H16BrN3O5/c1-8-7-16(3-4-17(8)14(20)21)13(19)11-5-10(15)6-12(9(11)2)18(22)23/h5-6,8H,3-4,7H2,1-2H3,(H,20,21). The van der Waals surface area contributed by atoms with E-state index in [1.807, 2.05) is 0 Å². The molecule has 1 aliphatic rings. The monoisotopic (exact) mass is 385 g/mol. The second-order valence-corrected chi connectivity index (χ2v) is 6.35. The van der Waals surface area contributed by atoms with E-state index in [-0.39, 0.29) is 42.8 Å². The topological polar surface area (TPSA) is 104 Å². The molecule has 9 heteroatoms.